The number of nitrogens with zero attached hydrogens (tertiary/aromatic N) is 1. The Kier molecular flexibility index (Phi) is 6.17. The summed E-state index contributed by atoms with van der Waals surface area (Å²) in [6.45, 7) is 7.06. The number of benzene rings is 2. The molecule has 0 aliphatic carbocycles. The van der Waals surface area contributed by atoms with Gasteiger partial charge in [-0.3, -0.25) is 9.59 Å². The molecule has 4 nitrogen and oxygen atoms in total. The van der Waals surface area contributed by atoms with Gasteiger partial charge in [-0.05, 0) is 35.2 Å². The SMILES string of the molecule is CC(=O)N(CC(=O)Nc1ccccc1C(F)(F)F)c1ccc(C(C)(C)C)cc1. The van der Waals surface area contributed by atoms with Crippen molar-refractivity contribution in [1.82, 2.24) is 0 Å². The molecule has 0 unspecified atom stereocenters. The monoisotopic (exact) mass is 392 g/mol. The predicted molar refractivity (Wildman–Crippen MR) is 103 cm³/mol. The van der Waals surface area contributed by atoms with E-state index in [1.807, 2.05) is 12.1 Å². The highest BCUT2D eigenvalue weighted by Crippen LogP contribution is 2.34. The fraction of sp³-hybridized carbons (Fsp3) is 0.333. The van der Waals surface area contributed by atoms with E-state index >= 15 is 0 Å². The molecule has 2 aromatic rings. The van der Waals surface area contributed by atoms with Crippen LogP contribution in [-0.2, 0) is 21.2 Å². The summed E-state index contributed by atoms with van der Waals surface area (Å²) < 4.78 is 39.2. The van der Waals surface area contributed by atoms with Gasteiger partial charge in [0.2, 0.25) is 11.8 Å². The van der Waals surface area contributed by atoms with Crippen molar-refractivity contribution in [2.45, 2.75) is 39.3 Å². The summed E-state index contributed by atoms with van der Waals surface area (Å²) in [5.74, 6) is -1.10. The van der Waals surface area contributed by atoms with Gasteiger partial charge in [-0.2, -0.15) is 13.2 Å². The molecule has 7 heteroatoms. The van der Waals surface area contributed by atoms with Gasteiger partial charge in [0.1, 0.15) is 6.54 Å². The molecule has 0 aromatic heterocycles. The first-order valence-corrected chi connectivity index (χ1v) is 8.74. The van der Waals surface area contributed by atoms with Crippen molar-refractivity contribution in [3.63, 3.8) is 0 Å². The number of nitrogens with one attached hydrogen (secondary N) is 1. The standard InChI is InChI=1S/C21H23F3N2O2/c1-14(27)26(16-11-9-15(10-12-16)20(2,3)4)13-19(28)25-18-8-6-5-7-17(18)21(22,23)24/h5-12H,13H2,1-4H3,(H,25,28). The normalized spacial score (nSPS) is 11.8. The molecule has 0 saturated heterocycles. The molecular formula is C21H23F3N2O2. The number of hydrogen-bond acceptors (Lipinski definition) is 2. The Hall–Kier alpha value is -2.83. The smallest absolute Gasteiger partial charge is 0.324 e. The summed E-state index contributed by atoms with van der Waals surface area (Å²) in [6.07, 6.45) is -4.59. The van der Waals surface area contributed by atoms with Crippen LogP contribution in [0.2, 0.25) is 0 Å². The van der Waals surface area contributed by atoms with E-state index in [0.717, 1.165) is 11.6 Å². The second-order valence-electron chi connectivity index (χ2n) is 7.49. The Morgan fingerprint density at radius 1 is 0.964 bits per heavy atom. The van der Waals surface area contributed by atoms with Crippen LogP contribution in [0.15, 0.2) is 48.5 Å². The molecule has 0 aliphatic rings. The molecule has 0 spiro atoms. The van der Waals surface area contributed by atoms with Crippen LogP contribution in [0.25, 0.3) is 0 Å². The highest BCUT2D eigenvalue weighted by atomic mass is 19.4. The van der Waals surface area contributed by atoms with Crippen LogP contribution >= 0.6 is 0 Å². The highest BCUT2D eigenvalue weighted by molar-refractivity contribution is 6.02. The zero-order chi connectivity index (χ0) is 21.1. The quantitative estimate of drug-likeness (QED) is 0.797. The number of alkyl halides is 3. The Bertz CT molecular complexity index is 853. The molecule has 28 heavy (non-hydrogen) atoms. The van der Waals surface area contributed by atoms with Gasteiger partial charge in [0.05, 0.1) is 11.3 Å². The number of amides is 2. The number of carbonyl (C=O) groups excluding carboxylic acids is 2. The first kappa shape index (κ1) is 21.5. The number of hydrogen-bond donors (Lipinski definition) is 1. The molecule has 0 fully saturated rings. The van der Waals surface area contributed by atoms with Crippen molar-refractivity contribution in [3.8, 4) is 0 Å². The first-order valence-electron chi connectivity index (χ1n) is 8.74. The first-order chi connectivity index (χ1) is 12.9. The number of para-hydroxylation sites is 1. The summed E-state index contributed by atoms with van der Waals surface area (Å²) in [7, 11) is 0. The minimum Gasteiger partial charge on any atom is -0.324 e. The molecule has 0 heterocycles. The van der Waals surface area contributed by atoms with E-state index < -0.39 is 24.2 Å². The predicted octanol–water partition coefficient (Wildman–Crippen LogP) is 4.99. The summed E-state index contributed by atoms with van der Waals surface area (Å²) in [4.78, 5) is 25.6. The van der Waals surface area contributed by atoms with Crippen LogP contribution in [0, 0.1) is 0 Å². The van der Waals surface area contributed by atoms with Crippen LogP contribution in [0.4, 0.5) is 24.5 Å². The number of anilines is 2. The Labute approximate surface area is 162 Å². The topological polar surface area (TPSA) is 49.4 Å². The van der Waals surface area contributed by atoms with E-state index in [4.69, 9.17) is 0 Å². The van der Waals surface area contributed by atoms with Gasteiger partial charge < -0.3 is 10.2 Å². The summed E-state index contributed by atoms with van der Waals surface area (Å²) >= 11 is 0. The van der Waals surface area contributed by atoms with Crippen molar-refractivity contribution < 1.29 is 22.8 Å². The second kappa shape index (κ2) is 8.04. The third kappa shape index (κ3) is 5.34. The average Bonchev–Trinajstić information content (AvgIpc) is 2.58. The maximum absolute atomic E-state index is 13.1. The molecule has 150 valence electrons. The van der Waals surface area contributed by atoms with Gasteiger partial charge in [0.25, 0.3) is 0 Å². The maximum atomic E-state index is 13.1. The molecule has 0 saturated carbocycles. The summed E-state index contributed by atoms with van der Waals surface area (Å²) in [6, 6.07) is 11.9. The van der Waals surface area contributed by atoms with E-state index in [1.165, 1.54) is 30.0 Å². The lowest BCUT2D eigenvalue weighted by atomic mass is 9.87. The van der Waals surface area contributed by atoms with Gasteiger partial charge in [-0.15, -0.1) is 0 Å². The van der Waals surface area contributed by atoms with E-state index in [0.29, 0.717) is 5.69 Å². The van der Waals surface area contributed by atoms with Crippen LogP contribution in [0.5, 0.6) is 0 Å². The summed E-state index contributed by atoms with van der Waals surface area (Å²) in [5, 5.41) is 2.25. The van der Waals surface area contributed by atoms with Crippen LogP contribution in [0.3, 0.4) is 0 Å². The fourth-order valence-electron chi connectivity index (χ4n) is 2.70. The molecule has 1 N–H and O–H groups in total. The lowest BCUT2D eigenvalue weighted by Gasteiger charge is -2.24. The fourth-order valence-corrected chi connectivity index (χ4v) is 2.70. The van der Waals surface area contributed by atoms with Crippen molar-refractivity contribution in [2.24, 2.45) is 0 Å². The van der Waals surface area contributed by atoms with Crippen molar-refractivity contribution in [2.75, 3.05) is 16.8 Å². The Balaban J connectivity index is 2.20. The minimum atomic E-state index is -4.59. The van der Waals surface area contributed by atoms with Gasteiger partial charge in [0, 0.05) is 12.6 Å². The molecule has 0 aliphatic heterocycles. The van der Waals surface area contributed by atoms with Crippen LogP contribution in [-0.4, -0.2) is 18.4 Å². The molecule has 0 atom stereocenters. The molecule has 2 aromatic carbocycles. The minimum absolute atomic E-state index is 0.0712. The van der Waals surface area contributed by atoms with E-state index in [9.17, 15) is 22.8 Å². The van der Waals surface area contributed by atoms with E-state index in [2.05, 4.69) is 26.1 Å². The van der Waals surface area contributed by atoms with Gasteiger partial charge in [-0.1, -0.05) is 45.0 Å². The van der Waals surface area contributed by atoms with E-state index in [-0.39, 0.29) is 17.0 Å². The van der Waals surface area contributed by atoms with Crippen molar-refractivity contribution in [3.05, 3.63) is 59.7 Å². The van der Waals surface area contributed by atoms with Gasteiger partial charge >= 0.3 is 6.18 Å². The average molecular weight is 392 g/mol. The third-order valence-electron chi connectivity index (χ3n) is 4.23. The highest BCUT2D eigenvalue weighted by Gasteiger charge is 2.33. The molecule has 0 radical (unpaired) electrons. The summed E-state index contributed by atoms with van der Waals surface area (Å²) in [5.41, 5.74) is 0.208. The Morgan fingerprint density at radius 2 is 1.54 bits per heavy atom. The van der Waals surface area contributed by atoms with Crippen LogP contribution in [0.1, 0.15) is 38.8 Å². The van der Waals surface area contributed by atoms with Crippen molar-refractivity contribution >= 4 is 23.2 Å². The Morgan fingerprint density at radius 3 is 2.04 bits per heavy atom. The number of carbonyl (C=O) groups is 2. The molecular weight excluding hydrogens is 369 g/mol. The van der Waals surface area contributed by atoms with Crippen molar-refractivity contribution in [1.29, 1.82) is 0 Å². The lowest BCUT2D eigenvalue weighted by Crippen LogP contribution is -2.37. The van der Waals surface area contributed by atoms with E-state index in [1.54, 1.807) is 12.1 Å². The number of rotatable bonds is 4. The largest absolute Gasteiger partial charge is 0.418 e. The third-order valence-corrected chi connectivity index (χ3v) is 4.23. The van der Waals surface area contributed by atoms with Gasteiger partial charge in [-0.25, -0.2) is 0 Å². The molecule has 0 bridgehead atoms. The maximum Gasteiger partial charge on any atom is 0.418 e. The lowest BCUT2D eigenvalue weighted by molar-refractivity contribution is -0.137. The molecule has 2 rings (SSSR count). The molecule has 2 amide bonds. The van der Waals surface area contributed by atoms with Crippen LogP contribution < -0.4 is 10.2 Å². The second-order valence-corrected chi connectivity index (χ2v) is 7.49. The zero-order valence-corrected chi connectivity index (χ0v) is 16.2. The zero-order valence-electron chi connectivity index (χ0n) is 16.2. The van der Waals surface area contributed by atoms with Gasteiger partial charge in [0.15, 0.2) is 0 Å². The number of halogens is 3.